The summed E-state index contributed by atoms with van der Waals surface area (Å²) in [6.07, 6.45) is 3.12. The summed E-state index contributed by atoms with van der Waals surface area (Å²) in [4.78, 5) is 20.0. The summed E-state index contributed by atoms with van der Waals surface area (Å²) in [5.74, 6) is 4.62. The van der Waals surface area contributed by atoms with Crippen molar-refractivity contribution >= 4 is 11.6 Å². The van der Waals surface area contributed by atoms with Crippen molar-refractivity contribution in [2.75, 3.05) is 0 Å². The molecular weight excluding hydrogens is 196 g/mol. The Kier molecular flexibility index (Phi) is 2.59. The molecule has 6 heteroatoms. The van der Waals surface area contributed by atoms with E-state index < -0.39 is 6.10 Å². The van der Waals surface area contributed by atoms with E-state index in [-0.39, 0.29) is 5.91 Å². The van der Waals surface area contributed by atoms with Crippen LogP contribution in [-0.2, 0) is 9.63 Å². The number of hydrazine groups is 1. The number of nitrogens with zero attached hydrogens (tertiary/aromatic N) is 2. The molecule has 0 fully saturated rings. The lowest BCUT2D eigenvalue weighted by atomic mass is 10.1. The fourth-order valence-electron chi connectivity index (χ4n) is 1.31. The van der Waals surface area contributed by atoms with Crippen LogP contribution >= 0.6 is 0 Å². The van der Waals surface area contributed by atoms with E-state index in [2.05, 4.69) is 10.1 Å². The predicted octanol–water partition coefficient (Wildman–Crippen LogP) is -0.435. The van der Waals surface area contributed by atoms with Gasteiger partial charge in [-0.1, -0.05) is 5.16 Å². The van der Waals surface area contributed by atoms with Gasteiger partial charge in [-0.15, -0.1) is 0 Å². The number of hydrogen-bond donors (Lipinski definition) is 2. The van der Waals surface area contributed by atoms with Crippen LogP contribution in [0.3, 0.4) is 0 Å². The molecule has 0 saturated heterocycles. The maximum Gasteiger partial charge on any atom is 0.278 e. The summed E-state index contributed by atoms with van der Waals surface area (Å²) in [6.45, 7) is 0. The van der Waals surface area contributed by atoms with Gasteiger partial charge >= 0.3 is 0 Å². The van der Waals surface area contributed by atoms with Gasteiger partial charge in [-0.2, -0.15) is 0 Å². The van der Waals surface area contributed by atoms with E-state index in [4.69, 9.17) is 10.7 Å². The SMILES string of the molecule is NNC(=O)[C@H]1CC(c2cccnc2)=NO1. The third-order valence-electron chi connectivity index (χ3n) is 2.10. The lowest BCUT2D eigenvalue weighted by Gasteiger charge is -2.04. The molecule has 3 N–H and O–H groups in total. The highest BCUT2D eigenvalue weighted by atomic mass is 16.6. The number of nitrogens with one attached hydrogen (secondary N) is 1. The third kappa shape index (κ3) is 1.94. The minimum atomic E-state index is -0.634. The number of carbonyl (C=O) groups is 1. The van der Waals surface area contributed by atoms with Gasteiger partial charge in [-0.3, -0.25) is 15.2 Å². The molecule has 0 unspecified atom stereocenters. The quantitative estimate of drug-likeness (QED) is 0.390. The van der Waals surface area contributed by atoms with Gasteiger partial charge in [-0.25, -0.2) is 5.84 Å². The van der Waals surface area contributed by atoms with Crippen molar-refractivity contribution in [3.05, 3.63) is 30.1 Å². The first-order valence-electron chi connectivity index (χ1n) is 4.45. The van der Waals surface area contributed by atoms with Gasteiger partial charge in [0.25, 0.3) is 5.91 Å². The summed E-state index contributed by atoms with van der Waals surface area (Å²) in [5, 5.41) is 3.82. The number of nitrogens with two attached hydrogens (primary N) is 1. The van der Waals surface area contributed by atoms with Gasteiger partial charge in [-0.05, 0) is 12.1 Å². The topological polar surface area (TPSA) is 89.6 Å². The molecule has 1 aromatic heterocycles. The van der Waals surface area contributed by atoms with E-state index in [1.54, 1.807) is 18.5 Å². The first-order chi connectivity index (χ1) is 7.31. The zero-order valence-electron chi connectivity index (χ0n) is 7.88. The summed E-state index contributed by atoms with van der Waals surface area (Å²) >= 11 is 0. The molecule has 15 heavy (non-hydrogen) atoms. The van der Waals surface area contributed by atoms with E-state index in [0.29, 0.717) is 12.1 Å². The third-order valence-corrected chi connectivity index (χ3v) is 2.10. The molecule has 0 radical (unpaired) electrons. The number of rotatable bonds is 2. The number of hydrogen-bond acceptors (Lipinski definition) is 5. The van der Waals surface area contributed by atoms with Crippen molar-refractivity contribution in [1.82, 2.24) is 10.4 Å². The van der Waals surface area contributed by atoms with Gasteiger partial charge in [0.2, 0.25) is 6.10 Å². The minimum Gasteiger partial charge on any atom is -0.382 e. The maximum atomic E-state index is 11.1. The Labute approximate surface area is 86.1 Å². The second kappa shape index (κ2) is 4.05. The minimum absolute atomic E-state index is 0.377. The van der Waals surface area contributed by atoms with Crippen molar-refractivity contribution in [2.24, 2.45) is 11.0 Å². The average Bonchev–Trinajstić information content (AvgIpc) is 2.78. The second-order valence-corrected chi connectivity index (χ2v) is 3.09. The van der Waals surface area contributed by atoms with Crippen LogP contribution in [-0.4, -0.2) is 22.7 Å². The summed E-state index contributed by atoms with van der Waals surface area (Å²) in [7, 11) is 0. The average molecular weight is 206 g/mol. The molecule has 78 valence electrons. The Bertz CT molecular complexity index is 390. The van der Waals surface area contributed by atoms with Crippen molar-refractivity contribution < 1.29 is 9.63 Å². The fourth-order valence-corrected chi connectivity index (χ4v) is 1.31. The van der Waals surface area contributed by atoms with Crippen molar-refractivity contribution in [3.8, 4) is 0 Å². The molecule has 1 aliphatic heterocycles. The van der Waals surface area contributed by atoms with E-state index >= 15 is 0 Å². The van der Waals surface area contributed by atoms with Crippen LogP contribution < -0.4 is 11.3 Å². The lowest BCUT2D eigenvalue weighted by molar-refractivity contribution is -0.131. The Balaban J connectivity index is 2.07. The largest absolute Gasteiger partial charge is 0.382 e. The molecule has 1 atom stereocenters. The van der Waals surface area contributed by atoms with Crippen LogP contribution in [0.2, 0.25) is 0 Å². The van der Waals surface area contributed by atoms with E-state index in [0.717, 1.165) is 5.56 Å². The molecule has 1 amide bonds. The molecular formula is C9H10N4O2. The monoisotopic (exact) mass is 206 g/mol. The standard InChI is InChI=1S/C9H10N4O2/c10-12-9(14)8-4-7(13-15-8)6-2-1-3-11-5-6/h1-3,5,8H,4,10H2,(H,12,14)/t8-/m1/s1. The van der Waals surface area contributed by atoms with Crippen molar-refractivity contribution in [3.63, 3.8) is 0 Å². The number of pyridine rings is 1. The molecule has 1 aromatic rings. The smallest absolute Gasteiger partial charge is 0.278 e. The molecule has 0 bridgehead atoms. The van der Waals surface area contributed by atoms with Gasteiger partial charge in [0.1, 0.15) is 0 Å². The van der Waals surface area contributed by atoms with Gasteiger partial charge < -0.3 is 4.84 Å². The van der Waals surface area contributed by atoms with Crippen LogP contribution in [0.5, 0.6) is 0 Å². The maximum absolute atomic E-state index is 11.1. The Morgan fingerprint density at radius 2 is 2.53 bits per heavy atom. The van der Waals surface area contributed by atoms with Crippen LogP contribution in [0.1, 0.15) is 12.0 Å². The first-order valence-corrected chi connectivity index (χ1v) is 4.45. The highest BCUT2D eigenvalue weighted by Gasteiger charge is 2.28. The molecule has 0 aromatic carbocycles. The summed E-state index contributed by atoms with van der Waals surface area (Å²) in [6, 6.07) is 3.66. The molecule has 6 nitrogen and oxygen atoms in total. The molecule has 0 spiro atoms. The number of aromatic nitrogens is 1. The molecule has 2 heterocycles. The number of oxime groups is 1. The number of amides is 1. The number of carbonyl (C=O) groups excluding carboxylic acids is 1. The zero-order chi connectivity index (χ0) is 10.7. The van der Waals surface area contributed by atoms with Crippen molar-refractivity contribution in [2.45, 2.75) is 12.5 Å². The molecule has 0 saturated carbocycles. The normalized spacial score (nSPS) is 19.3. The van der Waals surface area contributed by atoms with Gasteiger partial charge in [0.15, 0.2) is 0 Å². The summed E-state index contributed by atoms with van der Waals surface area (Å²) < 4.78 is 0. The van der Waals surface area contributed by atoms with E-state index in [9.17, 15) is 4.79 Å². The van der Waals surface area contributed by atoms with Crippen LogP contribution in [0.25, 0.3) is 0 Å². The van der Waals surface area contributed by atoms with E-state index in [1.165, 1.54) is 0 Å². The Hall–Kier alpha value is -1.95. The van der Waals surface area contributed by atoms with Crippen LogP contribution in [0.4, 0.5) is 0 Å². The highest BCUT2D eigenvalue weighted by Crippen LogP contribution is 2.15. The van der Waals surface area contributed by atoms with Crippen LogP contribution in [0.15, 0.2) is 29.7 Å². The van der Waals surface area contributed by atoms with Crippen LogP contribution in [0, 0.1) is 0 Å². The summed E-state index contributed by atoms with van der Waals surface area (Å²) in [5.41, 5.74) is 3.58. The van der Waals surface area contributed by atoms with E-state index in [1.807, 2.05) is 11.5 Å². The highest BCUT2D eigenvalue weighted by molar-refractivity contribution is 6.03. The van der Waals surface area contributed by atoms with Crippen molar-refractivity contribution in [1.29, 1.82) is 0 Å². The zero-order valence-corrected chi connectivity index (χ0v) is 7.88. The Morgan fingerprint density at radius 3 is 3.20 bits per heavy atom. The predicted molar refractivity (Wildman–Crippen MR) is 52.6 cm³/mol. The molecule has 1 aliphatic rings. The first kappa shape index (κ1) is 9.60. The Morgan fingerprint density at radius 1 is 1.67 bits per heavy atom. The van der Waals surface area contributed by atoms with Gasteiger partial charge in [0, 0.05) is 24.4 Å². The fraction of sp³-hybridized carbons (Fsp3) is 0.222. The molecule has 2 rings (SSSR count). The lowest BCUT2D eigenvalue weighted by Crippen LogP contribution is -2.39. The second-order valence-electron chi connectivity index (χ2n) is 3.09. The molecule has 0 aliphatic carbocycles. The van der Waals surface area contributed by atoms with Gasteiger partial charge in [0.05, 0.1) is 5.71 Å².